The van der Waals surface area contributed by atoms with Crippen LogP contribution in [0.5, 0.6) is 0 Å². The molecule has 0 aliphatic rings. The Morgan fingerprint density at radius 3 is 2.65 bits per heavy atom. The number of thioether (sulfide) groups is 1. The van der Waals surface area contributed by atoms with Crippen molar-refractivity contribution in [3.05, 3.63) is 54.3 Å². The fourth-order valence-electron chi connectivity index (χ4n) is 1.34. The molecular formula is C13H11ClN2S. The molecule has 0 bridgehead atoms. The molecule has 0 amide bonds. The minimum atomic E-state index is 0.715. The summed E-state index contributed by atoms with van der Waals surface area (Å²) in [5.41, 5.74) is 1.99. The lowest BCUT2D eigenvalue weighted by Crippen LogP contribution is -1.88. The molecule has 0 saturated carbocycles. The van der Waals surface area contributed by atoms with E-state index in [0.717, 1.165) is 22.0 Å². The predicted molar refractivity (Wildman–Crippen MR) is 73.4 cm³/mol. The first-order chi connectivity index (χ1) is 8.29. The smallest absolute Gasteiger partial charge is 0.187 e. The Kier molecular flexibility index (Phi) is 4.18. The van der Waals surface area contributed by atoms with Crippen LogP contribution < -0.4 is 0 Å². The van der Waals surface area contributed by atoms with Crippen molar-refractivity contribution in [1.29, 1.82) is 0 Å². The molecule has 1 heterocycles. The summed E-state index contributed by atoms with van der Waals surface area (Å²) in [7, 11) is 0. The van der Waals surface area contributed by atoms with Crippen LogP contribution in [0.25, 0.3) is 11.1 Å². The quantitative estimate of drug-likeness (QED) is 0.472. The van der Waals surface area contributed by atoms with E-state index in [-0.39, 0.29) is 0 Å². The number of aromatic nitrogens is 2. The van der Waals surface area contributed by atoms with Crippen LogP contribution in [0, 0.1) is 0 Å². The normalized spacial score (nSPS) is 10.2. The van der Waals surface area contributed by atoms with Crippen LogP contribution in [0.4, 0.5) is 0 Å². The Hall–Kier alpha value is -1.32. The Balaban J connectivity index is 2.20. The molecule has 0 atom stereocenters. The van der Waals surface area contributed by atoms with Crippen LogP contribution in [0.1, 0.15) is 0 Å². The summed E-state index contributed by atoms with van der Waals surface area (Å²) in [5, 5.41) is 1.48. The Morgan fingerprint density at radius 2 is 2.00 bits per heavy atom. The summed E-state index contributed by atoms with van der Waals surface area (Å²) < 4.78 is 0. The highest BCUT2D eigenvalue weighted by Gasteiger charge is 2.01. The third-order valence-electron chi connectivity index (χ3n) is 2.12. The molecule has 0 N–H and O–H groups in total. The zero-order valence-electron chi connectivity index (χ0n) is 9.14. The Morgan fingerprint density at radius 1 is 1.24 bits per heavy atom. The second-order valence-electron chi connectivity index (χ2n) is 3.36. The fourth-order valence-corrected chi connectivity index (χ4v) is 2.05. The maximum Gasteiger partial charge on any atom is 0.187 e. The van der Waals surface area contributed by atoms with Crippen molar-refractivity contribution in [3.8, 4) is 11.1 Å². The molecule has 0 spiro atoms. The minimum absolute atomic E-state index is 0.715. The summed E-state index contributed by atoms with van der Waals surface area (Å²) >= 11 is 7.50. The maximum absolute atomic E-state index is 5.94. The lowest BCUT2D eigenvalue weighted by Gasteiger charge is -2.02. The predicted octanol–water partition coefficient (Wildman–Crippen LogP) is 4.08. The molecular weight excluding hydrogens is 252 g/mol. The van der Waals surface area contributed by atoms with E-state index < -0.39 is 0 Å². The number of rotatable bonds is 4. The van der Waals surface area contributed by atoms with E-state index in [9.17, 15) is 0 Å². The molecule has 86 valence electrons. The number of hydrogen-bond acceptors (Lipinski definition) is 3. The van der Waals surface area contributed by atoms with Gasteiger partial charge in [-0.05, 0) is 17.7 Å². The van der Waals surface area contributed by atoms with Crippen molar-refractivity contribution in [2.75, 3.05) is 5.75 Å². The summed E-state index contributed by atoms with van der Waals surface area (Å²) in [6, 6.07) is 7.65. The Bertz CT molecular complexity index is 511. The molecule has 0 aliphatic heterocycles. The number of halogens is 1. The topological polar surface area (TPSA) is 25.8 Å². The van der Waals surface area contributed by atoms with Crippen molar-refractivity contribution in [2.45, 2.75) is 5.16 Å². The van der Waals surface area contributed by atoms with Gasteiger partial charge in [-0.3, -0.25) is 0 Å². The van der Waals surface area contributed by atoms with Crippen molar-refractivity contribution in [3.63, 3.8) is 0 Å². The highest BCUT2D eigenvalue weighted by atomic mass is 35.5. The van der Waals surface area contributed by atoms with Crippen LogP contribution in [-0.2, 0) is 0 Å². The van der Waals surface area contributed by atoms with Crippen LogP contribution in [-0.4, -0.2) is 15.7 Å². The van der Waals surface area contributed by atoms with Gasteiger partial charge in [-0.2, -0.15) is 0 Å². The van der Waals surface area contributed by atoms with Gasteiger partial charge in [0.25, 0.3) is 0 Å². The first-order valence-corrected chi connectivity index (χ1v) is 6.47. The monoisotopic (exact) mass is 262 g/mol. The molecule has 0 radical (unpaired) electrons. The highest BCUT2D eigenvalue weighted by molar-refractivity contribution is 7.99. The van der Waals surface area contributed by atoms with Gasteiger partial charge in [0.2, 0.25) is 0 Å². The van der Waals surface area contributed by atoms with E-state index in [1.54, 1.807) is 11.8 Å². The van der Waals surface area contributed by atoms with Crippen molar-refractivity contribution >= 4 is 23.4 Å². The number of hydrogen-bond donors (Lipinski definition) is 0. The maximum atomic E-state index is 5.94. The summed E-state index contributed by atoms with van der Waals surface area (Å²) in [5.74, 6) is 0.816. The van der Waals surface area contributed by atoms with Crippen molar-refractivity contribution in [2.24, 2.45) is 0 Å². The van der Waals surface area contributed by atoms with E-state index in [2.05, 4.69) is 16.5 Å². The van der Waals surface area contributed by atoms with Gasteiger partial charge in [-0.15, -0.1) is 6.58 Å². The molecule has 17 heavy (non-hydrogen) atoms. The summed E-state index contributed by atoms with van der Waals surface area (Å²) in [4.78, 5) is 8.57. The molecule has 1 aromatic carbocycles. The summed E-state index contributed by atoms with van der Waals surface area (Å²) in [6.07, 6.45) is 5.45. The van der Waals surface area contributed by atoms with E-state index in [0.29, 0.717) is 5.02 Å². The third kappa shape index (κ3) is 3.32. The lowest BCUT2D eigenvalue weighted by atomic mass is 10.1. The van der Waals surface area contributed by atoms with Gasteiger partial charge >= 0.3 is 0 Å². The molecule has 2 rings (SSSR count). The van der Waals surface area contributed by atoms with E-state index >= 15 is 0 Å². The van der Waals surface area contributed by atoms with Gasteiger partial charge in [0.1, 0.15) is 0 Å². The van der Waals surface area contributed by atoms with E-state index in [1.807, 2.05) is 42.7 Å². The van der Waals surface area contributed by atoms with Crippen LogP contribution in [0.3, 0.4) is 0 Å². The Labute approximate surface area is 110 Å². The minimum Gasteiger partial charge on any atom is -0.230 e. The molecule has 0 fully saturated rings. The van der Waals surface area contributed by atoms with Crippen LogP contribution in [0.15, 0.2) is 54.5 Å². The fraction of sp³-hybridized carbons (Fsp3) is 0.0769. The molecule has 0 aliphatic carbocycles. The largest absolute Gasteiger partial charge is 0.230 e. The zero-order chi connectivity index (χ0) is 12.1. The highest BCUT2D eigenvalue weighted by Crippen LogP contribution is 2.22. The third-order valence-corrected chi connectivity index (χ3v) is 3.22. The SMILES string of the molecule is C=CCSc1ncc(-c2cccc(Cl)c2)cn1. The second kappa shape index (κ2) is 5.84. The zero-order valence-corrected chi connectivity index (χ0v) is 10.7. The second-order valence-corrected chi connectivity index (χ2v) is 4.79. The van der Waals surface area contributed by atoms with Crippen molar-refractivity contribution in [1.82, 2.24) is 9.97 Å². The average Bonchev–Trinajstić information content (AvgIpc) is 2.37. The molecule has 2 nitrogen and oxygen atoms in total. The van der Waals surface area contributed by atoms with E-state index in [4.69, 9.17) is 11.6 Å². The van der Waals surface area contributed by atoms with Gasteiger partial charge in [0.05, 0.1) is 0 Å². The van der Waals surface area contributed by atoms with E-state index in [1.165, 1.54) is 0 Å². The van der Waals surface area contributed by atoms with Gasteiger partial charge in [0.15, 0.2) is 5.16 Å². The summed E-state index contributed by atoms with van der Waals surface area (Å²) in [6.45, 7) is 3.66. The molecule has 2 aromatic rings. The number of nitrogens with zero attached hydrogens (tertiary/aromatic N) is 2. The van der Waals surface area contributed by atoms with Crippen LogP contribution >= 0.6 is 23.4 Å². The van der Waals surface area contributed by atoms with Gasteiger partial charge in [0, 0.05) is 28.7 Å². The molecule has 1 aromatic heterocycles. The first kappa shape index (κ1) is 12.1. The standard InChI is InChI=1S/C13H11ClN2S/c1-2-6-17-13-15-8-11(9-16-13)10-4-3-5-12(14)7-10/h2-5,7-9H,1,6H2. The molecule has 4 heteroatoms. The van der Waals surface area contributed by atoms with Gasteiger partial charge in [-0.25, -0.2) is 9.97 Å². The van der Waals surface area contributed by atoms with Crippen LogP contribution in [0.2, 0.25) is 5.02 Å². The first-order valence-electron chi connectivity index (χ1n) is 5.11. The average molecular weight is 263 g/mol. The van der Waals surface area contributed by atoms with Gasteiger partial charge < -0.3 is 0 Å². The molecule has 0 unspecified atom stereocenters. The molecule has 0 saturated heterocycles. The van der Waals surface area contributed by atoms with Gasteiger partial charge in [-0.1, -0.05) is 41.6 Å². The number of benzene rings is 1. The lowest BCUT2D eigenvalue weighted by molar-refractivity contribution is 0.972. The van der Waals surface area contributed by atoms with Crippen molar-refractivity contribution < 1.29 is 0 Å².